The average molecular weight is 346 g/mol. The minimum Gasteiger partial charge on any atom is -0.491 e. The van der Waals surface area contributed by atoms with Gasteiger partial charge in [0.1, 0.15) is 18.5 Å². The summed E-state index contributed by atoms with van der Waals surface area (Å²) in [7, 11) is 0. The number of carbonyl (C=O) groups excluding carboxylic acids is 1. The number of rotatable bonds is 6. The Morgan fingerprint density at radius 1 is 0.960 bits per heavy atom. The van der Waals surface area contributed by atoms with Gasteiger partial charge in [-0.3, -0.25) is 4.79 Å². The number of ether oxygens (including phenoxy) is 1. The molecule has 1 amide bonds. The molecular formula is C20H30N2O3. The molecule has 1 aromatic rings. The molecule has 5 nitrogen and oxygen atoms in total. The number of amides is 1. The highest BCUT2D eigenvalue weighted by molar-refractivity contribution is 5.94. The van der Waals surface area contributed by atoms with Gasteiger partial charge in [-0.05, 0) is 69.5 Å². The van der Waals surface area contributed by atoms with Crippen LogP contribution in [0.15, 0.2) is 24.3 Å². The van der Waals surface area contributed by atoms with Crippen molar-refractivity contribution in [2.45, 2.75) is 44.6 Å². The summed E-state index contributed by atoms with van der Waals surface area (Å²) in [5.74, 6) is 0.810. The van der Waals surface area contributed by atoms with E-state index < -0.39 is 6.10 Å². The normalized spacial score (nSPS) is 20.3. The monoisotopic (exact) mass is 346 g/mol. The summed E-state index contributed by atoms with van der Waals surface area (Å²) < 4.78 is 5.69. The topological polar surface area (TPSA) is 53.0 Å². The molecule has 3 rings (SSSR count). The minimum atomic E-state index is -0.479. The Kier molecular flexibility index (Phi) is 6.70. The Bertz CT molecular complexity index is 534. The molecule has 5 heteroatoms. The van der Waals surface area contributed by atoms with Gasteiger partial charge >= 0.3 is 0 Å². The van der Waals surface area contributed by atoms with Crippen LogP contribution in [0, 0.1) is 0 Å². The molecule has 2 heterocycles. The van der Waals surface area contributed by atoms with Crippen molar-refractivity contribution >= 4 is 5.91 Å². The van der Waals surface area contributed by atoms with Crippen molar-refractivity contribution in [2.24, 2.45) is 0 Å². The van der Waals surface area contributed by atoms with Crippen LogP contribution in [0.4, 0.5) is 0 Å². The van der Waals surface area contributed by atoms with Crippen LogP contribution in [0.5, 0.6) is 5.75 Å². The smallest absolute Gasteiger partial charge is 0.253 e. The quantitative estimate of drug-likeness (QED) is 0.860. The second-order valence-corrected chi connectivity index (χ2v) is 7.20. The van der Waals surface area contributed by atoms with Crippen molar-refractivity contribution < 1.29 is 14.6 Å². The van der Waals surface area contributed by atoms with Crippen molar-refractivity contribution in [2.75, 3.05) is 39.3 Å². The van der Waals surface area contributed by atoms with E-state index >= 15 is 0 Å². The number of β-amino-alcohol motifs (C(OH)–C–C–N with tert-alkyl or cyclic N) is 1. The Labute approximate surface area is 150 Å². The first-order valence-electron chi connectivity index (χ1n) is 9.65. The number of aliphatic hydroxyl groups is 1. The van der Waals surface area contributed by atoms with Crippen LogP contribution in [0.1, 0.15) is 48.9 Å². The third kappa shape index (κ3) is 5.44. The molecule has 1 N–H and O–H groups in total. The second-order valence-electron chi connectivity index (χ2n) is 7.20. The third-order valence-electron chi connectivity index (χ3n) is 5.10. The van der Waals surface area contributed by atoms with Crippen molar-refractivity contribution in [3.8, 4) is 5.75 Å². The summed E-state index contributed by atoms with van der Waals surface area (Å²) in [5.41, 5.74) is 0.711. The van der Waals surface area contributed by atoms with E-state index in [-0.39, 0.29) is 12.5 Å². The van der Waals surface area contributed by atoms with Crippen molar-refractivity contribution in [3.63, 3.8) is 0 Å². The number of carbonyl (C=O) groups is 1. The first-order valence-corrected chi connectivity index (χ1v) is 9.65. The van der Waals surface area contributed by atoms with E-state index in [1.54, 1.807) is 0 Å². The van der Waals surface area contributed by atoms with E-state index in [9.17, 15) is 9.90 Å². The van der Waals surface area contributed by atoms with Gasteiger partial charge < -0.3 is 19.6 Å². The summed E-state index contributed by atoms with van der Waals surface area (Å²) in [4.78, 5) is 16.7. The highest BCUT2D eigenvalue weighted by Crippen LogP contribution is 2.17. The zero-order valence-corrected chi connectivity index (χ0v) is 15.0. The van der Waals surface area contributed by atoms with E-state index in [1.807, 2.05) is 29.2 Å². The van der Waals surface area contributed by atoms with Crippen LogP contribution in [-0.4, -0.2) is 66.2 Å². The lowest BCUT2D eigenvalue weighted by Gasteiger charge is -2.28. The molecule has 0 saturated carbocycles. The maximum Gasteiger partial charge on any atom is 0.253 e. The summed E-state index contributed by atoms with van der Waals surface area (Å²) in [6.07, 6.45) is 6.68. The predicted molar refractivity (Wildman–Crippen MR) is 98.0 cm³/mol. The van der Waals surface area contributed by atoms with Crippen LogP contribution in [0.2, 0.25) is 0 Å². The van der Waals surface area contributed by atoms with Crippen molar-refractivity contribution in [1.29, 1.82) is 0 Å². The standard InChI is InChI=1S/C20H30N2O3/c23-18(15-21-11-3-1-4-12-21)16-25-19-9-7-17(8-10-19)20(24)22-13-5-2-6-14-22/h7-10,18,23H,1-6,11-16H2. The molecule has 0 aliphatic carbocycles. The molecule has 0 spiro atoms. The summed E-state index contributed by atoms with van der Waals surface area (Å²) >= 11 is 0. The zero-order valence-electron chi connectivity index (χ0n) is 15.0. The molecule has 1 unspecified atom stereocenters. The number of benzene rings is 1. The SMILES string of the molecule is O=C(c1ccc(OCC(O)CN2CCCCC2)cc1)N1CCCCC1. The summed E-state index contributed by atoms with van der Waals surface area (Å²) in [6, 6.07) is 7.29. The Morgan fingerprint density at radius 3 is 2.20 bits per heavy atom. The Hall–Kier alpha value is -1.59. The first-order chi connectivity index (χ1) is 12.2. The van der Waals surface area contributed by atoms with Crippen molar-refractivity contribution in [3.05, 3.63) is 29.8 Å². The fraction of sp³-hybridized carbons (Fsp3) is 0.650. The number of hydrogen-bond acceptors (Lipinski definition) is 4. The number of piperidine rings is 2. The van der Waals surface area contributed by atoms with E-state index in [0.717, 1.165) is 39.0 Å². The van der Waals surface area contributed by atoms with E-state index in [4.69, 9.17) is 4.74 Å². The van der Waals surface area contributed by atoms with Crippen LogP contribution in [0.3, 0.4) is 0 Å². The predicted octanol–water partition coefficient (Wildman–Crippen LogP) is 2.54. The summed E-state index contributed by atoms with van der Waals surface area (Å²) in [6.45, 7) is 4.83. The van der Waals surface area contributed by atoms with Crippen LogP contribution in [-0.2, 0) is 0 Å². The molecule has 0 aromatic heterocycles. The van der Waals surface area contributed by atoms with E-state index in [1.165, 1.54) is 25.7 Å². The fourth-order valence-corrected chi connectivity index (χ4v) is 3.66. The molecule has 0 radical (unpaired) electrons. The van der Waals surface area contributed by atoms with Gasteiger partial charge in [0, 0.05) is 25.2 Å². The molecule has 1 atom stereocenters. The number of likely N-dealkylation sites (tertiary alicyclic amines) is 2. The lowest BCUT2D eigenvalue weighted by molar-refractivity contribution is 0.0616. The minimum absolute atomic E-state index is 0.108. The van der Waals surface area contributed by atoms with E-state index in [0.29, 0.717) is 17.9 Å². The van der Waals surface area contributed by atoms with Gasteiger partial charge in [0.15, 0.2) is 0 Å². The maximum atomic E-state index is 12.4. The van der Waals surface area contributed by atoms with Crippen LogP contribution >= 0.6 is 0 Å². The number of hydrogen-bond donors (Lipinski definition) is 1. The molecule has 2 fully saturated rings. The lowest BCUT2D eigenvalue weighted by Crippen LogP contribution is -2.38. The molecular weight excluding hydrogens is 316 g/mol. The van der Waals surface area contributed by atoms with Crippen molar-refractivity contribution in [1.82, 2.24) is 9.80 Å². The number of aliphatic hydroxyl groups excluding tert-OH is 1. The van der Waals surface area contributed by atoms with Crippen LogP contribution in [0.25, 0.3) is 0 Å². The first kappa shape index (κ1) is 18.2. The second kappa shape index (κ2) is 9.20. The van der Waals surface area contributed by atoms with Gasteiger partial charge in [-0.1, -0.05) is 6.42 Å². The largest absolute Gasteiger partial charge is 0.491 e. The molecule has 25 heavy (non-hydrogen) atoms. The molecule has 2 saturated heterocycles. The number of nitrogens with zero attached hydrogens (tertiary/aromatic N) is 2. The molecule has 1 aromatic carbocycles. The highest BCUT2D eigenvalue weighted by Gasteiger charge is 2.18. The van der Waals surface area contributed by atoms with Gasteiger partial charge in [0.05, 0.1) is 0 Å². The highest BCUT2D eigenvalue weighted by atomic mass is 16.5. The molecule has 2 aliphatic heterocycles. The lowest BCUT2D eigenvalue weighted by atomic mass is 10.1. The zero-order chi connectivity index (χ0) is 17.5. The molecule has 138 valence electrons. The maximum absolute atomic E-state index is 12.4. The molecule has 0 bridgehead atoms. The Balaban J connectivity index is 1.44. The van der Waals surface area contributed by atoms with Gasteiger partial charge in [0.2, 0.25) is 0 Å². The Morgan fingerprint density at radius 2 is 1.56 bits per heavy atom. The van der Waals surface area contributed by atoms with Crippen LogP contribution < -0.4 is 4.74 Å². The summed E-state index contributed by atoms with van der Waals surface area (Å²) in [5, 5.41) is 10.1. The average Bonchev–Trinajstić information content (AvgIpc) is 2.68. The van der Waals surface area contributed by atoms with E-state index in [2.05, 4.69) is 4.90 Å². The van der Waals surface area contributed by atoms with Gasteiger partial charge in [-0.15, -0.1) is 0 Å². The van der Waals surface area contributed by atoms with Gasteiger partial charge in [-0.25, -0.2) is 0 Å². The third-order valence-corrected chi connectivity index (χ3v) is 5.10. The fourth-order valence-electron chi connectivity index (χ4n) is 3.66. The van der Waals surface area contributed by atoms with Gasteiger partial charge in [-0.2, -0.15) is 0 Å². The molecule has 2 aliphatic rings. The van der Waals surface area contributed by atoms with Gasteiger partial charge in [0.25, 0.3) is 5.91 Å².